The van der Waals surface area contributed by atoms with Crippen LogP contribution in [0.5, 0.6) is 11.5 Å². The van der Waals surface area contributed by atoms with E-state index in [-0.39, 0.29) is 5.91 Å². The molecule has 2 aromatic rings. The molecule has 0 bridgehead atoms. The molecule has 1 amide bonds. The summed E-state index contributed by atoms with van der Waals surface area (Å²) in [6.07, 6.45) is 4.91. The Morgan fingerprint density at radius 1 is 1.26 bits per heavy atom. The fourth-order valence-electron chi connectivity index (χ4n) is 1.97. The lowest BCUT2D eigenvalue weighted by Crippen LogP contribution is -2.20. The third-order valence-electron chi connectivity index (χ3n) is 3.08. The molecule has 0 fully saturated rings. The van der Waals surface area contributed by atoms with Crippen molar-refractivity contribution in [2.75, 3.05) is 13.7 Å². The van der Waals surface area contributed by atoms with Crippen LogP contribution < -0.4 is 14.8 Å². The maximum atomic E-state index is 11.8. The van der Waals surface area contributed by atoms with Crippen LogP contribution in [-0.2, 0) is 11.3 Å². The molecule has 5 heteroatoms. The molecule has 23 heavy (non-hydrogen) atoms. The number of hydrogen-bond acceptors (Lipinski definition) is 4. The van der Waals surface area contributed by atoms with Crippen LogP contribution in [0.2, 0.25) is 0 Å². The molecule has 2 rings (SSSR count). The third kappa shape index (κ3) is 5.14. The number of nitrogens with zero attached hydrogens (tertiary/aromatic N) is 1. The maximum Gasteiger partial charge on any atom is 0.244 e. The summed E-state index contributed by atoms with van der Waals surface area (Å²) in [6.45, 7) is 2.89. The summed E-state index contributed by atoms with van der Waals surface area (Å²) in [5.74, 6) is 1.15. The van der Waals surface area contributed by atoms with Gasteiger partial charge in [-0.3, -0.25) is 9.78 Å². The van der Waals surface area contributed by atoms with Gasteiger partial charge in [-0.25, -0.2) is 0 Å². The van der Waals surface area contributed by atoms with E-state index in [1.165, 1.54) is 6.08 Å². The van der Waals surface area contributed by atoms with Crippen LogP contribution in [0.25, 0.3) is 6.08 Å². The Hall–Kier alpha value is -2.82. The second kappa shape index (κ2) is 8.58. The van der Waals surface area contributed by atoms with Crippen LogP contribution in [-0.4, -0.2) is 24.6 Å². The van der Waals surface area contributed by atoms with E-state index >= 15 is 0 Å². The van der Waals surface area contributed by atoms with Gasteiger partial charge in [0.2, 0.25) is 5.91 Å². The van der Waals surface area contributed by atoms with Crippen LogP contribution in [0.15, 0.2) is 48.7 Å². The Bertz CT molecular complexity index is 669. The highest BCUT2D eigenvalue weighted by molar-refractivity contribution is 5.91. The Morgan fingerprint density at radius 3 is 2.83 bits per heavy atom. The fourth-order valence-corrected chi connectivity index (χ4v) is 1.97. The molecule has 0 aliphatic heterocycles. The molecule has 1 heterocycles. The van der Waals surface area contributed by atoms with E-state index in [4.69, 9.17) is 9.47 Å². The first-order valence-electron chi connectivity index (χ1n) is 7.39. The minimum Gasteiger partial charge on any atom is -0.493 e. The molecule has 0 atom stereocenters. The lowest BCUT2D eigenvalue weighted by atomic mass is 10.2. The molecule has 1 aromatic carbocycles. The normalized spacial score (nSPS) is 10.5. The topological polar surface area (TPSA) is 60.5 Å². The van der Waals surface area contributed by atoms with Crippen molar-refractivity contribution in [1.82, 2.24) is 10.3 Å². The minimum absolute atomic E-state index is 0.177. The van der Waals surface area contributed by atoms with Crippen LogP contribution in [0.4, 0.5) is 0 Å². The molecule has 0 unspecified atom stereocenters. The third-order valence-corrected chi connectivity index (χ3v) is 3.08. The van der Waals surface area contributed by atoms with E-state index in [1.807, 2.05) is 43.3 Å². The van der Waals surface area contributed by atoms with Gasteiger partial charge in [-0.15, -0.1) is 0 Å². The van der Waals surface area contributed by atoms with Gasteiger partial charge in [0.05, 0.1) is 26.0 Å². The average molecular weight is 312 g/mol. The molecule has 1 aromatic heterocycles. The smallest absolute Gasteiger partial charge is 0.244 e. The molecule has 0 radical (unpaired) electrons. The van der Waals surface area contributed by atoms with Crippen LogP contribution in [0.1, 0.15) is 18.2 Å². The Morgan fingerprint density at radius 2 is 2.13 bits per heavy atom. The molecule has 0 aliphatic rings. The largest absolute Gasteiger partial charge is 0.493 e. The fraction of sp³-hybridized carbons (Fsp3) is 0.222. The molecule has 0 spiro atoms. The number of methoxy groups -OCH3 is 1. The second-order valence-electron chi connectivity index (χ2n) is 4.72. The zero-order valence-corrected chi connectivity index (χ0v) is 13.3. The van der Waals surface area contributed by atoms with Crippen LogP contribution in [0, 0.1) is 0 Å². The first-order valence-corrected chi connectivity index (χ1v) is 7.39. The van der Waals surface area contributed by atoms with Gasteiger partial charge in [-0.1, -0.05) is 12.1 Å². The van der Waals surface area contributed by atoms with E-state index in [0.29, 0.717) is 24.7 Å². The number of hydrogen-bond donors (Lipinski definition) is 1. The summed E-state index contributed by atoms with van der Waals surface area (Å²) < 4.78 is 10.7. The summed E-state index contributed by atoms with van der Waals surface area (Å²) in [5, 5.41) is 2.79. The highest BCUT2D eigenvalue weighted by Crippen LogP contribution is 2.28. The van der Waals surface area contributed by atoms with Crippen molar-refractivity contribution in [3.63, 3.8) is 0 Å². The van der Waals surface area contributed by atoms with E-state index in [2.05, 4.69) is 10.3 Å². The first kappa shape index (κ1) is 16.5. The highest BCUT2D eigenvalue weighted by Gasteiger charge is 2.04. The predicted molar refractivity (Wildman–Crippen MR) is 89.3 cm³/mol. The zero-order valence-electron chi connectivity index (χ0n) is 13.3. The summed E-state index contributed by atoms with van der Waals surface area (Å²) in [7, 11) is 1.59. The second-order valence-corrected chi connectivity index (χ2v) is 4.72. The SMILES string of the molecule is CCOc1ccc(/C=C/C(=O)NCc2ccccn2)cc1OC. The van der Waals surface area contributed by atoms with E-state index < -0.39 is 0 Å². The van der Waals surface area contributed by atoms with E-state index in [9.17, 15) is 4.79 Å². The van der Waals surface area contributed by atoms with Crippen molar-refractivity contribution < 1.29 is 14.3 Å². The van der Waals surface area contributed by atoms with Crippen molar-refractivity contribution in [3.05, 3.63) is 59.9 Å². The van der Waals surface area contributed by atoms with Gasteiger partial charge < -0.3 is 14.8 Å². The number of aromatic nitrogens is 1. The first-order chi connectivity index (χ1) is 11.2. The van der Waals surface area contributed by atoms with Gasteiger partial charge in [0.15, 0.2) is 11.5 Å². The Balaban J connectivity index is 1.95. The number of nitrogens with one attached hydrogen (secondary N) is 1. The molecule has 0 saturated carbocycles. The quantitative estimate of drug-likeness (QED) is 0.799. The number of amides is 1. The summed E-state index contributed by atoms with van der Waals surface area (Å²) in [6, 6.07) is 11.1. The van der Waals surface area contributed by atoms with Gasteiger partial charge in [-0.05, 0) is 42.8 Å². The molecule has 120 valence electrons. The number of ether oxygens (including phenoxy) is 2. The predicted octanol–water partition coefficient (Wildman–Crippen LogP) is 2.82. The zero-order chi connectivity index (χ0) is 16.5. The molecule has 0 aliphatic carbocycles. The Labute approximate surface area is 136 Å². The van der Waals surface area contributed by atoms with E-state index in [0.717, 1.165) is 11.3 Å². The van der Waals surface area contributed by atoms with Crippen molar-refractivity contribution >= 4 is 12.0 Å². The molecular formula is C18H20N2O3. The van der Waals surface area contributed by atoms with Crippen molar-refractivity contribution in [1.29, 1.82) is 0 Å². The number of benzene rings is 1. The van der Waals surface area contributed by atoms with Crippen molar-refractivity contribution in [3.8, 4) is 11.5 Å². The van der Waals surface area contributed by atoms with Crippen LogP contribution in [0.3, 0.4) is 0 Å². The monoisotopic (exact) mass is 312 g/mol. The Kier molecular flexibility index (Phi) is 6.17. The number of carbonyl (C=O) groups is 1. The van der Waals surface area contributed by atoms with Gasteiger partial charge in [0.25, 0.3) is 0 Å². The molecule has 5 nitrogen and oxygen atoms in total. The van der Waals surface area contributed by atoms with Gasteiger partial charge in [0, 0.05) is 12.3 Å². The highest BCUT2D eigenvalue weighted by atomic mass is 16.5. The molecular weight excluding hydrogens is 292 g/mol. The minimum atomic E-state index is -0.177. The van der Waals surface area contributed by atoms with Gasteiger partial charge in [0.1, 0.15) is 0 Å². The molecule has 1 N–H and O–H groups in total. The van der Waals surface area contributed by atoms with Crippen LogP contribution >= 0.6 is 0 Å². The lowest BCUT2D eigenvalue weighted by Gasteiger charge is -2.09. The van der Waals surface area contributed by atoms with Crippen molar-refractivity contribution in [2.24, 2.45) is 0 Å². The summed E-state index contributed by atoms with van der Waals surface area (Å²) in [4.78, 5) is 16.0. The number of carbonyl (C=O) groups excluding carboxylic acids is 1. The average Bonchev–Trinajstić information content (AvgIpc) is 2.60. The maximum absolute atomic E-state index is 11.8. The summed E-state index contributed by atoms with van der Waals surface area (Å²) >= 11 is 0. The molecule has 0 saturated heterocycles. The number of pyridine rings is 1. The van der Waals surface area contributed by atoms with E-state index in [1.54, 1.807) is 19.4 Å². The summed E-state index contributed by atoms with van der Waals surface area (Å²) in [5.41, 5.74) is 1.68. The lowest BCUT2D eigenvalue weighted by molar-refractivity contribution is -0.116. The van der Waals surface area contributed by atoms with Gasteiger partial charge in [-0.2, -0.15) is 0 Å². The van der Waals surface area contributed by atoms with Gasteiger partial charge >= 0.3 is 0 Å². The number of rotatable bonds is 7. The standard InChI is InChI=1S/C18H20N2O3/c1-3-23-16-9-7-14(12-17(16)22-2)8-10-18(21)20-13-15-6-4-5-11-19-15/h4-12H,3,13H2,1-2H3,(H,20,21)/b10-8+. The van der Waals surface area contributed by atoms with Crippen molar-refractivity contribution in [2.45, 2.75) is 13.5 Å².